The fourth-order valence-electron chi connectivity index (χ4n) is 3.30. The van der Waals surface area contributed by atoms with Crippen molar-refractivity contribution in [2.24, 2.45) is 5.73 Å². The lowest BCUT2D eigenvalue weighted by atomic mass is 10.0. The number of halogens is 2. The highest BCUT2D eigenvalue weighted by atomic mass is 35.5. The minimum Gasteiger partial charge on any atom is -0.352 e. The molecule has 1 fully saturated rings. The van der Waals surface area contributed by atoms with E-state index in [-0.39, 0.29) is 35.8 Å². The summed E-state index contributed by atoms with van der Waals surface area (Å²) in [6.07, 6.45) is 1.74. The number of carbonyl (C=O) groups is 2. The molecule has 2 amide bonds. The highest BCUT2D eigenvalue weighted by molar-refractivity contribution is 5.94. The molecule has 5 nitrogen and oxygen atoms in total. The zero-order valence-electron chi connectivity index (χ0n) is 15.5. The molecule has 1 aliphatic rings. The van der Waals surface area contributed by atoms with Crippen LogP contribution in [0.15, 0.2) is 54.6 Å². The van der Waals surface area contributed by atoms with E-state index in [4.69, 9.17) is 5.73 Å². The van der Waals surface area contributed by atoms with Crippen LogP contribution in [0.4, 0.5) is 4.39 Å². The first-order chi connectivity index (χ1) is 13.0. The van der Waals surface area contributed by atoms with Gasteiger partial charge in [0, 0.05) is 19.1 Å². The van der Waals surface area contributed by atoms with E-state index in [1.165, 1.54) is 12.1 Å². The van der Waals surface area contributed by atoms with Crippen molar-refractivity contribution in [3.8, 4) is 0 Å². The van der Waals surface area contributed by atoms with E-state index in [0.717, 1.165) is 5.56 Å². The molecule has 3 N–H and O–H groups in total. The summed E-state index contributed by atoms with van der Waals surface area (Å²) < 4.78 is 13.8. The van der Waals surface area contributed by atoms with Gasteiger partial charge >= 0.3 is 0 Å². The van der Waals surface area contributed by atoms with Crippen molar-refractivity contribution in [3.05, 3.63) is 71.5 Å². The molecule has 28 heavy (non-hydrogen) atoms. The molecule has 1 aliphatic heterocycles. The van der Waals surface area contributed by atoms with E-state index in [1.54, 1.807) is 17.0 Å². The molecule has 0 aliphatic carbocycles. The summed E-state index contributed by atoms with van der Waals surface area (Å²) in [7, 11) is 0. The zero-order chi connectivity index (χ0) is 19.2. The molecule has 0 radical (unpaired) electrons. The molecule has 2 aromatic carbocycles. The molecule has 0 spiro atoms. The molecular weight excluding hydrogens is 381 g/mol. The second-order valence-corrected chi connectivity index (χ2v) is 6.85. The number of rotatable bonds is 5. The molecule has 0 bridgehead atoms. The van der Waals surface area contributed by atoms with Gasteiger partial charge in [-0.15, -0.1) is 12.4 Å². The third-order valence-electron chi connectivity index (χ3n) is 4.87. The molecular formula is C21H25ClFN3O2. The molecule has 1 saturated heterocycles. The number of nitrogens with one attached hydrogen (secondary N) is 1. The summed E-state index contributed by atoms with van der Waals surface area (Å²) in [4.78, 5) is 26.4. The predicted octanol–water partition coefficient (Wildman–Crippen LogP) is 2.54. The van der Waals surface area contributed by atoms with Crippen LogP contribution in [0.2, 0.25) is 0 Å². The van der Waals surface area contributed by atoms with Gasteiger partial charge < -0.3 is 16.0 Å². The summed E-state index contributed by atoms with van der Waals surface area (Å²) in [6, 6.07) is 15.0. The maximum absolute atomic E-state index is 13.8. The topological polar surface area (TPSA) is 75.4 Å². The second kappa shape index (κ2) is 10.2. The Labute approximate surface area is 170 Å². The van der Waals surface area contributed by atoms with Gasteiger partial charge in [0.2, 0.25) is 5.91 Å². The lowest BCUT2D eigenvalue weighted by molar-refractivity contribution is -0.123. The SMILES string of the molecule is Cl.N[C@@H](Cc1ccccc1)C(=O)NC1CCN(C(=O)c2ccccc2F)CC1. The predicted molar refractivity (Wildman–Crippen MR) is 109 cm³/mol. The van der Waals surface area contributed by atoms with Crippen molar-refractivity contribution in [2.45, 2.75) is 31.3 Å². The minimum atomic E-state index is -0.606. The van der Waals surface area contributed by atoms with E-state index in [9.17, 15) is 14.0 Å². The summed E-state index contributed by atoms with van der Waals surface area (Å²) in [5.74, 6) is -0.999. The van der Waals surface area contributed by atoms with E-state index in [2.05, 4.69) is 5.32 Å². The average Bonchev–Trinajstić information content (AvgIpc) is 2.69. The van der Waals surface area contributed by atoms with Gasteiger partial charge in [0.1, 0.15) is 5.82 Å². The molecule has 2 aromatic rings. The standard InChI is InChI=1S/C21H24FN3O2.ClH/c22-18-9-5-4-8-17(18)21(27)25-12-10-16(11-13-25)24-20(26)19(23)14-15-6-2-1-3-7-15;/h1-9,16,19H,10-14,23H2,(H,24,26);1H/t19-;/m0./s1. The Hall–Kier alpha value is -2.44. The van der Waals surface area contributed by atoms with Gasteiger partial charge in [-0.1, -0.05) is 42.5 Å². The van der Waals surface area contributed by atoms with Crippen LogP contribution < -0.4 is 11.1 Å². The van der Waals surface area contributed by atoms with Crippen molar-refractivity contribution in [1.29, 1.82) is 0 Å². The summed E-state index contributed by atoms with van der Waals surface area (Å²) >= 11 is 0. The van der Waals surface area contributed by atoms with Gasteiger partial charge in [-0.05, 0) is 37.0 Å². The lowest BCUT2D eigenvalue weighted by Crippen LogP contribution is -2.51. The molecule has 0 unspecified atom stereocenters. The van der Waals surface area contributed by atoms with E-state index >= 15 is 0 Å². The van der Waals surface area contributed by atoms with E-state index in [0.29, 0.717) is 32.4 Å². The van der Waals surface area contributed by atoms with Crippen LogP contribution in [-0.2, 0) is 11.2 Å². The van der Waals surface area contributed by atoms with Crippen LogP contribution >= 0.6 is 12.4 Å². The van der Waals surface area contributed by atoms with E-state index in [1.807, 2.05) is 30.3 Å². The van der Waals surface area contributed by atoms with Crippen molar-refractivity contribution in [3.63, 3.8) is 0 Å². The van der Waals surface area contributed by atoms with Gasteiger partial charge in [-0.3, -0.25) is 9.59 Å². The van der Waals surface area contributed by atoms with Gasteiger partial charge in [-0.25, -0.2) is 4.39 Å². The van der Waals surface area contributed by atoms with Crippen LogP contribution in [0.25, 0.3) is 0 Å². The number of amides is 2. The number of nitrogens with zero attached hydrogens (tertiary/aromatic N) is 1. The summed E-state index contributed by atoms with van der Waals surface area (Å²) in [5.41, 5.74) is 7.12. The molecule has 0 aromatic heterocycles. The number of piperidine rings is 1. The quantitative estimate of drug-likeness (QED) is 0.802. The van der Waals surface area contributed by atoms with Gasteiger partial charge in [-0.2, -0.15) is 0 Å². The third kappa shape index (κ3) is 5.53. The highest BCUT2D eigenvalue weighted by Crippen LogP contribution is 2.16. The number of hydrogen-bond donors (Lipinski definition) is 2. The van der Waals surface area contributed by atoms with E-state index < -0.39 is 11.9 Å². The Bertz CT molecular complexity index is 795. The minimum absolute atomic E-state index is 0. The third-order valence-corrected chi connectivity index (χ3v) is 4.87. The molecule has 1 heterocycles. The molecule has 7 heteroatoms. The average molecular weight is 406 g/mol. The van der Waals surface area contributed by atoms with Crippen LogP contribution in [0.3, 0.4) is 0 Å². The smallest absolute Gasteiger partial charge is 0.256 e. The number of benzene rings is 2. The van der Waals surface area contributed by atoms with Gasteiger partial charge in [0.05, 0.1) is 11.6 Å². The monoisotopic (exact) mass is 405 g/mol. The van der Waals surface area contributed by atoms with Crippen LogP contribution in [0.1, 0.15) is 28.8 Å². The maximum atomic E-state index is 13.8. The number of likely N-dealkylation sites (tertiary alicyclic amines) is 1. The van der Waals surface area contributed by atoms with Crippen molar-refractivity contribution in [2.75, 3.05) is 13.1 Å². The first-order valence-corrected chi connectivity index (χ1v) is 9.18. The largest absolute Gasteiger partial charge is 0.352 e. The fourth-order valence-corrected chi connectivity index (χ4v) is 3.30. The van der Waals surface area contributed by atoms with Crippen molar-refractivity contribution >= 4 is 24.2 Å². The fraction of sp³-hybridized carbons (Fsp3) is 0.333. The van der Waals surface area contributed by atoms with Gasteiger partial charge in [0.25, 0.3) is 5.91 Å². The Kier molecular flexibility index (Phi) is 7.96. The first-order valence-electron chi connectivity index (χ1n) is 9.18. The van der Waals surface area contributed by atoms with Crippen LogP contribution in [0.5, 0.6) is 0 Å². The first kappa shape index (κ1) is 21.9. The Morgan fingerprint density at radius 2 is 1.68 bits per heavy atom. The van der Waals surface area contributed by atoms with Crippen molar-refractivity contribution in [1.82, 2.24) is 10.2 Å². The second-order valence-electron chi connectivity index (χ2n) is 6.85. The summed E-state index contributed by atoms with van der Waals surface area (Å²) in [6.45, 7) is 0.956. The van der Waals surface area contributed by atoms with Crippen LogP contribution in [0, 0.1) is 5.82 Å². The normalized spacial score (nSPS) is 15.4. The molecule has 3 rings (SSSR count). The highest BCUT2D eigenvalue weighted by Gasteiger charge is 2.27. The van der Waals surface area contributed by atoms with Crippen LogP contribution in [-0.4, -0.2) is 41.9 Å². The van der Waals surface area contributed by atoms with Gasteiger partial charge in [0.15, 0.2) is 0 Å². The number of carbonyl (C=O) groups excluding carboxylic acids is 2. The lowest BCUT2D eigenvalue weighted by Gasteiger charge is -2.33. The summed E-state index contributed by atoms with van der Waals surface area (Å²) in [5, 5.41) is 2.97. The molecule has 0 saturated carbocycles. The molecule has 1 atom stereocenters. The number of nitrogens with two attached hydrogens (primary N) is 1. The maximum Gasteiger partial charge on any atom is 0.256 e. The number of hydrogen-bond acceptors (Lipinski definition) is 3. The van der Waals surface area contributed by atoms with Crippen molar-refractivity contribution < 1.29 is 14.0 Å². The Morgan fingerprint density at radius 1 is 1.07 bits per heavy atom. The molecule has 150 valence electrons. The Morgan fingerprint density at radius 3 is 2.32 bits per heavy atom. The zero-order valence-corrected chi connectivity index (χ0v) is 16.3. The Balaban J connectivity index is 0.00000280.